The lowest BCUT2D eigenvalue weighted by Crippen LogP contribution is -2.20. The molecule has 18 heavy (non-hydrogen) atoms. The maximum Gasteiger partial charge on any atom is 0.404 e. The van der Waals surface area contributed by atoms with E-state index < -0.39 is 16.1 Å². The van der Waals surface area contributed by atoms with Crippen molar-refractivity contribution in [2.45, 2.75) is 19.9 Å². The van der Waals surface area contributed by atoms with Gasteiger partial charge < -0.3 is 10.4 Å². The molecule has 0 spiro atoms. The molecule has 0 bridgehead atoms. The van der Waals surface area contributed by atoms with Gasteiger partial charge in [0.1, 0.15) is 0 Å². The number of nitrogens with one attached hydrogen (secondary N) is 2. The van der Waals surface area contributed by atoms with Gasteiger partial charge >= 0.3 is 6.09 Å². The summed E-state index contributed by atoms with van der Waals surface area (Å²) in [4.78, 5) is 10.3. The minimum atomic E-state index is -3.28. The Morgan fingerprint density at radius 1 is 1.28 bits per heavy atom. The predicted molar refractivity (Wildman–Crippen MR) is 69.0 cm³/mol. The minimum absolute atomic E-state index is 0.0787. The molecule has 1 amide bonds. The summed E-state index contributed by atoms with van der Waals surface area (Å²) in [6.45, 7) is 1.98. The first-order valence-electron chi connectivity index (χ1n) is 5.49. The molecule has 0 aliphatic carbocycles. The molecule has 0 saturated carbocycles. The highest BCUT2D eigenvalue weighted by Crippen LogP contribution is 2.11. The third kappa shape index (κ3) is 5.05. The van der Waals surface area contributed by atoms with Crippen molar-refractivity contribution in [2.75, 3.05) is 10.5 Å². The molecule has 1 rings (SSSR count). The SMILES string of the molecule is CCCS(=O)(=O)Nc1ccc(CNC(=O)O)cc1. The first-order valence-corrected chi connectivity index (χ1v) is 7.14. The lowest BCUT2D eigenvalue weighted by Gasteiger charge is -2.08. The molecule has 0 heterocycles. The van der Waals surface area contributed by atoms with Crippen molar-refractivity contribution in [1.82, 2.24) is 5.32 Å². The highest BCUT2D eigenvalue weighted by Gasteiger charge is 2.08. The van der Waals surface area contributed by atoms with Crippen LogP contribution in [0.25, 0.3) is 0 Å². The van der Waals surface area contributed by atoms with E-state index >= 15 is 0 Å². The number of carbonyl (C=O) groups is 1. The van der Waals surface area contributed by atoms with E-state index in [4.69, 9.17) is 5.11 Å². The van der Waals surface area contributed by atoms with Crippen LogP contribution >= 0.6 is 0 Å². The molecule has 0 aromatic heterocycles. The Balaban J connectivity index is 2.63. The van der Waals surface area contributed by atoms with Crippen LogP contribution in [0.15, 0.2) is 24.3 Å². The fraction of sp³-hybridized carbons (Fsp3) is 0.364. The molecule has 100 valence electrons. The van der Waals surface area contributed by atoms with Gasteiger partial charge in [-0.15, -0.1) is 0 Å². The van der Waals surface area contributed by atoms with E-state index in [1.165, 1.54) is 0 Å². The van der Waals surface area contributed by atoms with Crippen LogP contribution < -0.4 is 10.0 Å². The second-order valence-corrected chi connectivity index (χ2v) is 5.62. The van der Waals surface area contributed by atoms with Crippen LogP contribution in [0, 0.1) is 0 Å². The Hall–Kier alpha value is -1.76. The smallest absolute Gasteiger partial charge is 0.404 e. The molecular formula is C11H16N2O4S. The van der Waals surface area contributed by atoms with Gasteiger partial charge in [0.25, 0.3) is 0 Å². The van der Waals surface area contributed by atoms with Gasteiger partial charge in [-0.1, -0.05) is 19.1 Å². The average molecular weight is 272 g/mol. The van der Waals surface area contributed by atoms with Crippen LogP contribution in [0.3, 0.4) is 0 Å². The van der Waals surface area contributed by atoms with Gasteiger partial charge in [-0.05, 0) is 24.1 Å². The van der Waals surface area contributed by atoms with Crippen molar-refractivity contribution in [3.8, 4) is 0 Å². The summed E-state index contributed by atoms with van der Waals surface area (Å²) < 4.78 is 25.4. The maximum atomic E-state index is 11.5. The van der Waals surface area contributed by atoms with E-state index in [0.29, 0.717) is 12.1 Å². The van der Waals surface area contributed by atoms with Gasteiger partial charge in [0, 0.05) is 12.2 Å². The summed E-state index contributed by atoms with van der Waals surface area (Å²) in [5.41, 5.74) is 1.23. The number of carboxylic acid groups (broad SMARTS) is 1. The quantitative estimate of drug-likeness (QED) is 0.733. The van der Waals surface area contributed by atoms with E-state index in [2.05, 4.69) is 10.0 Å². The minimum Gasteiger partial charge on any atom is -0.465 e. The van der Waals surface area contributed by atoms with Crippen LogP contribution in [0.4, 0.5) is 10.5 Å². The first kappa shape index (κ1) is 14.3. The van der Waals surface area contributed by atoms with Crippen LogP contribution in [0.5, 0.6) is 0 Å². The molecule has 0 aliphatic rings. The van der Waals surface area contributed by atoms with E-state index in [-0.39, 0.29) is 12.3 Å². The van der Waals surface area contributed by atoms with Gasteiger partial charge in [-0.25, -0.2) is 13.2 Å². The second-order valence-electron chi connectivity index (χ2n) is 3.78. The Morgan fingerprint density at radius 2 is 1.89 bits per heavy atom. The van der Waals surface area contributed by atoms with Gasteiger partial charge in [-0.2, -0.15) is 0 Å². The number of hydrogen-bond donors (Lipinski definition) is 3. The molecule has 1 aromatic carbocycles. The number of hydrogen-bond acceptors (Lipinski definition) is 3. The summed E-state index contributed by atoms with van der Waals surface area (Å²) >= 11 is 0. The Labute approximate surface area is 106 Å². The van der Waals surface area contributed by atoms with E-state index in [1.54, 1.807) is 31.2 Å². The third-order valence-electron chi connectivity index (χ3n) is 2.14. The highest BCUT2D eigenvalue weighted by molar-refractivity contribution is 7.92. The number of amides is 1. The zero-order chi connectivity index (χ0) is 13.6. The summed E-state index contributed by atoms with van der Waals surface area (Å²) in [5, 5.41) is 10.7. The normalized spacial score (nSPS) is 10.9. The number of sulfonamides is 1. The van der Waals surface area contributed by atoms with Crippen molar-refractivity contribution in [1.29, 1.82) is 0 Å². The maximum absolute atomic E-state index is 11.5. The van der Waals surface area contributed by atoms with Crippen LogP contribution in [0.1, 0.15) is 18.9 Å². The summed E-state index contributed by atoms with van der Waals surface area (Å²) in [7, 11) is -3.28. The summed E-state index contributed by atoms with van der Waals surface area (Å²) in [6, 6.07) is 6.54. The van der Waals surface area contributed by atoms with Crippen molar-refractivity contribution in [3.05, 3.63) is 29.8 Å². The highest BCUT2D eigenvalue weighted by atomic mass is 32.2. The fourth-order valence-corrected chi connectivity index (χ4v) is 2.50. The Kier molecular flexibility index (Phi) is 4.96. The molecule has 0 atom stereocenters. The van der Waals surface area contributed by atoms with Gasteiger partial charge in [0.05, 0.1) is 5.75 Å². The van der Waals surface area contributed by atoms with Crippen LogP contribution in [-0.4, -0.2) is 25.4 Å². The van der Waals surface area contributed by atoms with Gasteiger partial charge in [-0.3, -0.25) is 4.72 Å². The molecule has 0 saturated heterocycles. The average Bonchev–Trinajstić information content (AvgIpc) is 2.27. The lowest BCUT2D eigenvalue weighted by atomic mass is 10.2. The fourth-order valence-electron chi connectivity index (χ4n) is 1.37. The predicted octanol–water partition coefficient (Wildman–Crippen LogP) is 1.61. The van der Waals surface area contributed by atoms with E-state index in [9.17, 15) is 13.2 Å². The number of benzene rings is 1. The summed E-state index contributed by atoms with van der Waals surface area (Å²) in [5.74, 6) is 0.0787. The Morgan fingerprint density at radius 3 is 2.39 bits per heavy atom. The van der Waals surface area contributed by atoms with Gasteiger partial charge in [0.2, 0.25) is 10.0 Å². The van der Waals surface area contributed by atoms with Crippen molar-refractivity contribution < 1.29 is 18.3 Å². The molecule has 0 radical (unpaired) electrons. The summed E-state index contributed by atoms with van der Waals surface area (Å²) in [6.07, 6.45) is -0.543. The van der Waals surface area contributed by atoms with Crippen LogP contribution in [0.2, 0.25) is 0 Å². The van der Waals surface area contributed by atoms with Crippen molar-refractivity contribution >= 4 is 21.8 Å². The van der Waals surface area contributed by atoms with Crippen LogP contribution in [-0.2, 0) is 16.6 Å². The molecule has 0 unspecified atom stereocenters. The lowest BCUT2D eigenvalue weighted by molar-refractivity contribution is 0.194. The zero-order valence-electron chi connectivity index (χ0n) is 10.0. The number of rotatable bonds is 6. The molecule has 1 aromatic rings. The topological polar surface area (TPSA) is 95.5 Å². The third-order valence-corrected chi connectivity index (χ3v) is 3.64. The van der Waals surface area contributed by atoms with Crippen molar-refractivity contribution in [2.24, 2.45) is 0 Å². The van der Waals surface area contributed by atoms with E-state index in [1.807, 2.05) is 0 Å². The first-order chi connectivity index (χ1) is 8.43. The monoisotopic (exact) mass is 272 g/mol. The van der Waals surface area contributed by atoms with Gasteiger partial charge in [0.15, 0.2) is 0 Å². The van der Waals surface area contributed by atoms with E-state index in [0.717, 1.165) is 5.56 Å². The molecule has 0 fully saturated rings. The number of anilines is 1. The Bertz CT molecular complexity index is 496. The second kappa shape index (κ2) is 6.25. The molecule has 6 nitrogen and oxygen atoms in total. The zero-order valence-corrected chi connectivity index (χ0v) is 10.8. The molecule has 3 N–H and O–H groups in total. The molecular weight excluding hydrogens is 256 g/mol. The standard InChI is InChI=1S/C11H16N2O4S/c1-2-7-18(16,17)13-10-5-3-9(4-6-10)8-12-11(14)15/h3-6,12-13H,2,7-8H2,1H3,(H,14,15). The molecule has 0 aliphatic heterocycles. The molecule has 7 heteroatoms. The van der Waals surface area contributed by atoms with Crippen molar-refractivity contribution in [3.63, 3.8) is 0 Å². The largest absolute Gasteiger partial charge is 0.465 e.